The van der Waals surface area contributed by atoms with E-state index in [1.165, 1.54) is 33.4 Å². The smallest absolute Gasteiger partial charge is 0.0400 e. The monoisotopic (exact) mass is 435 g/mol. The first-order chi connectivity index (χ1) is 16.0. The maximum absolute atomic E-state index is 3.60. The minimum Gasteiger partial charge on any atom is -0.381 e. The summed E-state index contributed by atoms with van der Waals surface area (Å²) < 4.78 is 0. The topological polar surface area (TPSA) is 36.1 Å². The van der Waals surface area contributed by atoms with Crippen LogP contribution in [0.5, 0.6) is 0 Å². The van der Waals surface area contributed by atoms with E-state index in [1.54, 1.807) is 0 Å². The van der Waals surface area contributed by atoms with Crippen molar-refractivity contribution in [2.45, 2.75) is 40.4 Å². The first-order valence-corrected chi connectivity index (χ1v) is 11.6. The third-order valence-electron chi connectivity index (χ3n) is 5.67. The molecule has 0 aliphatic rings. The Balaban J connectivity index is 1.50. The van der Waals surface area contributed by atoms with Gasteiger partial charge in [-0.1, -0.05) is 89.5 Å². The van der Waals surface area contributed by atoms with Crippen LogP contribution in [0.2, 0.25) is 0 Å². The highest BCUT2D eigenvalue weighted by molar-refractivity contribution is 5.67. The fourth-order valence-electron chi connectivity index (χ4n) is 4.01. The molecule has 4 aromatic rings. The zero-order valence-electron chi connectivity index (χ0n) is 19.8. The normalized spacial score (nSPS) is 10.6. The Morgan fingerprint density at radius 3 is 1.00 bits per heavy atom. The van der Waals surface area contributed by atoms with Crippen LogP contribution >= 0.6 is 0 Å². The van der Waals surface area contributed by atoms with Gasteiger partial charge in [-0.25, -0.2) is 0 Å². The molecule has 4 rings (SSSR count). The summed E-state index contributed by atoms with van der Waals surface area (Å²) in [6.07, 6.45) is 0. The highest BCUT2D eigenvalue weighted by Crippen LogP contribution is 2.25. The zero-order chi connectivity index (χ0) is 23.0. The molecule has 0 amide bonds. The molecule has 3 N–H and O–H groups in total. The maximum atomic E-state index is 3.60. The van der Waals surface area contributed by atoms with E-state index in [0.29, 0.717) is 0 Å². The van der Waals surface area contributed by atoms with Gasteiger partial charge in [0.2, 0.25) is 0 Å². The van der Waals surface area contributed by atoms with E-state index in [1.807, 2.05) is 0 Å². The van der Waals surface area contributed by atoms with Crippen LogP contribution in [-0.2, 0) is 19.6 Å². The third kappa shape index (κ3) is 6.88. The Hall–Kier alpha value is -3.72. The molecule has 0 heterocycles. The second-order valence-corrected chi connectivity index (χ2v) is 8.83. The van der Waals surface area contributed by atoms with Crippen LogP contribution in [-0.4, -0.2) is 0 Å². The van der Waals surface area contributed by atoms with Crippen LogP contribution in [0.15, 0.2) is 91.0 Å². The molecule has 0 atom stereocenters. The molecule has 0 radical (unpaired) electrons. The highest BCUT2D eigenvalue weighted by atomic mass is 14.9. The summed E-state index contributed by atoms with van der Waals surface area (Å²) >= 11 is 0. The van der Waals surface area contributed by atoms with Crippen LogP contribution in [0.4, 0.5) is 17.1 Å². The summed E-state index contributed by atoms with van der Waals surface area (Å²) in [5, 5.41) is 10.8. The van der Waals surface area contributed by atoms with Crippen molar-refractivity contribution in [1.29, 1.82) is 0 Å². The lowest BCUT2D eigenvalue weighted by Gasteiger charge is -2.15. The van der Waals surface area contributed by atoms with Gasteiger partial charge >= 0.3 is 0 Å². The quantitative estimate of drug-likeness (QED) is 0.255. The largest absolute Gasteiger partial charge is 0.381 e. The predicted octanol–water partition coefficient (Wildman–Crippen LogP) is 7.45. The van der Waals surface area contributed by atoms with Crippen molar-refractivity contribution < 1.29 is 0 Å². The molecule has 33 heavy (non-hydrogen) atoms. The van der Waals surface area contributed by atoms with Gasteiger partial charge in [-0.3, -0.25) is 0 Å². The molecule has 0 aromatic heterocycles. The zero-order valence-corrected chi connectivity index (χ0v) is 19.8. The molecule has 3 nitrogen and oxygen atoms in total. The minimum absolute atomic E-state index is 0.792. The van der Waals surface area contributed by atoms with Gasteiger partial charge in [0.1, 0.15) is 0 Å². The van der Waals surface area contributed by atoms with Crippen LogP contribution < -0.4 is 16.0 Å². The van der Waals surface area contributed by atoms with E-state index in [0.717, 1.165) is 36.7 Å². The number of aryl methyl sites for hydroxylation is 3. The predicted molar refractivity (Wildman–Crippen MR) is 142 cm³/mol. The minimum atomic E-state index is 0.792. The second-order valence-electron chi connectivity index (χ2n) is 8.83. The van der Waals surface area contributed by atoms with Gasteiger partial charge in [0.15, 0.2) is 0 Å². The summed E-state index contributed by atoms with van der Waals surface area (Å²) in [7, 11) is 0. The van der Waals surface area contributed by atoms with Crippen molar-refractivity contribution in [2.24, 2.45) is 0 Å². The van der Waals surface area contributed by atoms with Crippen molar-refractivity contribution >= 4 is 17.1 Å². The first kappa shape index (κ1) is 22.5. The van der Waals surface area contributed by atoms with Gasteiger partial charge in [0, 0.05) is 36.7 Å². The summed E-state index contributed by atoms with van der Waals surface area (Å²) in [5.41, 5.74) is 11.0. The van der Waals surface area contributed by atoms with Crippen molar-refractivity contribution in [3.05, 3.63) is 124 Å². The Morgan fingerprint density at radius 2 is 0.727 bits per heavy atom. The van der Waals surface area contributed by atoms with Gasteiger partial charge in [-0.05, 0) is 55.7 Å². The molecule has 0 saturated carbocycles. The van der Waals surface area contributed by atoms with Crippen LogP contribution in [0.25, 0.3) is 0 Å². The molecule has 4 aromatic carbocycles. The van der Waals surface area contributed by atoms with E-state index in [-0.39, 0.29) is 0 Å². The van der Waals surface area contributed by atoms with Crippen molar-refractivity contribution in [3.8, 4) is 0 Å². The highest BCUT2D eigenvalue weighted by Gasteiger charge is 2.04. The molecule has 168 valence electrons. The Kier molecular flexibility index (Phi) is 7.31. The average Bonchev–Trinajstić information content (AvgIpc) is 2.80. The van der Waals surface area contributed by atoms with E-state index in [2.05, 4.69) is 128 Å². The van der Waals surface area contributed by atoms with Gasteiger partial charge in [-0.15, -0.1) is 0 Å². The van der Waals surface area contributed by atoms with Crippen LogP contribution in [0, 0.1) is 20.8 Å². The average molecular weight is 436 g/mol. The van der Waals surface area contributed by atoms with Gasteiger partial charge in [0.25, 0.3) is 0 Å². The molecular weight excluding hydrogens is 402 g/mol. The molecule has 3 heteroatoms. The molecule has 0 spiro atoms. The van der Waals surface area contributed by atoms with E-state index in [9.17, 15) is 0 Å². The Morgan fingerprint density at radius 1 is 0.424 bits per heavy atom. The van der Waals surface area contributed by atoms with Crippen LogP contribution in [0.1, 0.15) is 33.4 Å². The molecule has 0 aliphatic carbocycles. The second kappa shape index (κ2) is 10.7. The molecule has 0 unspecified atom stereocenters. The molecule has 0 saturated heterocycles. The van der Waals surface area contributed by atoms with Gasteiger partial charge < -0.3 is 16.0 Å². The summed E-state index contributed by atoms with van der Waals surface area (Å²) in [6, 6.07) is 32.5. The molecule has 0 bridgehead atoms. The maximum Gasteiger partial charge on any atom is 0.0400 e. The molecular formula is C30H33N3. The molecule has 0 aliphatic heterocycles. The number of benzene rings is 4. The van der Waals surface area contributed by atoms with Crippen molar-refractivity contribution in [3.63, 3.8) is 0 Å². The standard InChI is InChI=1S/C30H33N3/c1-22-7-4-10-25(13-22)19-31-28-16-29(32-20-26-11-5-8-23(2)14-26)18-30(17-28)33-21-27-12-6-9-24(3)15-27/h4-18,31-33H,19-21H2,1-3H3. The van der Waals surface area contributed by atoms with Gasteiger partial charge in [-0.2, -0.15) is 0 Å². The molecule has 0 fully saturated rings. The van der Waals surface area contributed by atoms with Crippen molar-refractivity contribution in [2.75, 3.05) is 16.0 Å². The Bertz CT molecular complexity index is 1050. The Labute approximate surface area is 197 Å². The number of hydrogen-bond acceptors (Lipinski definition) is 3. The summed E-state index contributed by atoms with van der Waals surface area (Å²) in [6.45, 7) is 8.77. The van der Waals surface area contributed by atoms with Crippen LogP contribution in [0.3, 0.4) is 0 Å². The van der Waals surface area contributed by atoms with E-state index in [4.69, 9.17) is 0 Å². The number of anilines is 3. The number of hydrogen-bond donors (Lipinski definition) is 3. The third-order valence-corrected chi connectivity index (χ3v) is 5.67. The summed E-state index contributed by atoms with van der Waals surface area (Å²) in [4.78, 5) is 0. The SMILES string of the molecule is Cc1cccc(CNc2cc(NCc3cccc(C)c3)cc(NCc3cccc(C)c3)c2)c1. The van der Waals surface area contributed by atoms with Crippen molar-refractivity contribution in [1.82, 2.24) is 0 Å². The van der Waals surface area contributed by atoms with E-state index < -0.39 is 0 Å². The first-order valence-electron chi connectivity index (χ1n) is 11.6. The van der Waals surface area contributed by atoms with E-state index >= 15 is 0 Å². The lowest BCUT2D eigenvalue weighted by Crippen LogP contribution is -2.05. The summed E-state index contributed by atoms with van der Waals surface area (Å²) in [5.74, 6) is 0. The number of rotatable bonds is 9. The fraction of sp³-hybridized carbons (Fsp3) is 0.200. The lowest BCUT2D eigenvalue weighted by molar-refractivity contribution is 1.11. The lowest BCUT2D eigenvalue weighted by atomic mass is 10.1. The fourth-order valence-corrected chi connectivity index (χ4v) is 4.01. The number of nitrogens with one attached hydrogen (secondary N) is 3. The van der Waals surface area contributed by atoms with Gasteiger partial charge in [0.05, 0.1) is 0 Å².